The summed E-state index contributed by atoms with van der Waals surface area (Å²) in [5.41, 5.74) is -2.14. The molecule has 9 atom stereocenters. The molecule has 34 heavy (non-hydrogen) atoms. The third kappa shape index (κ3) is 2.02. The molecule has 1 aromatic rings. The van der Waals surface area contributed by atoms with Gasteiger partial charge in [0.25, 0.3) is 0 Å². The van der Waals surface area contributed by atoms with E-state index in [1.807, 2.05) is 19.9 Å². The van der Waals surface area contributed by atoms with Crippen LogP contribution in [0.5, 0.6) is 0 Å². The summed E-state index contributed by atoms with van der Waals surface area (Å²) in [6.07, 6.45) is 4.82. The van der Waals surface area contributed by atoms with Gasteiger partial charge in [-0.2, -0.15) is 0 Å². The Bertz CT molecular complexity index is 1120. The van der Waals surface area contributed by atoms with Crippen LogP contribution in [0.4, 0.5) is 0 Å². The molecule has 1 N–H and O–H groups in total. The normalized spacial score (nSPS) is 52.4. The number of esters is 2. The number of fused-ring (bicyclic) bond motifs is 1. The molecule has 6 fully saturated rings. The number of Topliss-reactive ketones (excluding diaryl/α,β-unsaturated/α-hetero) is 1. The topological polar surface area (TPSA) is 112 Å². The van der Waals surface area contributed by atoms with Crippen LogP contribution in [0.25, 0.3) is 0 Å². The van der Waals surface area contributed by atoms with Crippen LogP contribution in [0.1, 0.15) is 64.5 Å². The Morgan fingerprint density at radius 3 is 2.53 bits per heavy atom. The number of hydrogen-bond acceptors (Lipinski definition) is 8. The number of ketones is 1. The van der Waals surface area contributed by atoms with E-state index < -0.39 is 39.7 Å². The number of carbonyl (C=O) groups is 3. The monoisotopic (exact) mass is 470 g/mol. The lowest BCUT2D eigenvalue weighted by atomic mass is 9.36. The van der Waals surface area contributed by atoms with E-state index in [1.54, 1.807) is 12.5 Å². The van der Waals surface area contributed by atoms with Crippen LogP contribution in [0.3, 0.4) is 0 Å². The minimum absolute atomic E-state index is 0.0473. The zero-order chi connectivity index (χ0) is 23.9. The molecule has 4 aliphatic heterocycles. The molecule has 0 aromatic carbocycles. The Hall–Kier alpha value is -2.19. The molecule has 2 spiro atoms. The van der Waals surface area contributed by atoms with Crippen molar-refractivity contribution in [3.8, 4) is 0 Å². The maximum atomic E-state index is 13.8. The number of furan rings is 1. The molecule has 6 aliphatic rings. The van der Waals surface area contributed by atoms with Crippen LogP contribution in [-0.2, 0) is 28.6 Å². The summed E-state index contributed by atoms with van der Waals surface area (Å²) in [4.78, 5) is 39.1. The van der Waals surface area contributed by atoms with E-state index in [0.717, 1.165) is 18.4 Å². The van der Waals surface area contributed by atoms with Crippen molar-refractivity contribution in [2.75, 3.05) is 6.61 Å². The van der Waals surface area contributed by atoms with Crippen LogP contribution in [0, 0.1) is 39.9 Å². The molecule has 2 saturated carbocycles. The van der Waals surface area contributed by atoms with Crippen molar-refractivity contribution in [3.05, 3.63) is 24.2 Å². The number of ether oxygens (including phenoxy) is 3. The van der Waals surface area contributed by atoms with E-state index in [0.29, 0.717) is 6.42 Å². The van der Waals surface area contributed by atoms with E-state index >= 15 is 0 Å². The van der Waals surface area contributed by atoms with Crippen LogP contribution in [-0.4, -0.2) is 40.8 Å². The fourth-order valence-corrected chi connectivity index (χ4v) is 9.59. The fourth-order valence-electron chi connectivity index (χ4n) is 9.59. The zero-order valence-corrected chi connectivity index (χ0v) is 19.7. The first-order valence-electron chi connectivity index (χ1n) is 12.3. The highest BCUT2D eigenvalue weighted by Gasteiger charge is 2.89. The van der Waals surface area contributed by atoms with Crippen LogP contribution in [0.2, 0.25) is 0 Å². The molecule has 1 aromatic heterocycles. The molecule has 5 heterocycles. The number of cyclic esters (lactones) is 2. The van der Waals surface area contributed by atoms with Crippen LogP contribution < -0.4 is 0 Å². The molecule has 4 saturated heterocycles. The van der Waals surface area contributed by atoms with Gasteiger partial charge < -0.3 is 23.7 Å². The molecular weight excluding hydrogens is 440 g/mol. The summed E-state index contributed by atoms with van der Waals surface area (Å²) in [6, 6.07) is 1.83. The van der Waals surface area contributed by atoms with Gasteiger partial charge in [-0.1, -0.05) is 20.8 Å². The standard InChI is InChI=1S/C26H30O8/c1-22(2)16-8-18(27)32-12-24(16)15-4-6-23(3)17(9-19(28)33-21(23)13-5-7-31-11-13)25(15)10-14(20(22)29)26(24,30)34-25/h5,7,11,14-17,21,30H,4,6,8-10,12H2,1-3H3/t14-,15+,16-,17+,21-,23+,24+,25+,26-/m1/s1. The van der Waals surface area contributed by atoms with Crippen LogP contribution >= 0.6 is 0 Å². The molecule has 8 heteroatoms. The van der Waals surface area contributed by atoms with Crippen molar-refractivity contribution in [2.45, 2.75) is 70.4 Å². The first-order chi connectivity index (χ1) is 16.0. The number of aliphatic hydroxyl groups is 1. The molecule has 8 nitrogen and oxygen atoms in total. The Morgan fingerprint density at radius 1 is 1.03 bits per heavy atom. The van der Waals surface area contributed by atoms with E-state index in [4.69, 9.17) is 18.6 Å². The molecule has 182 valence electrons. The first-order valence-corrected chi connectivity index (χ1v) is 12.3. The molecular formula is C26H30O8. The van der Waals surface area contributed by atoms with Gasteiger partial charge >= 0.3 is 11.9 Å². The average molecular weight is 471 g/mol. The summed E-state index contributed by atoms with van der Waals surface area (Å²) >= 11 is 0. The number of carbonyl (C=O) groups excluding carboxylic acids is 3. The lowest BCUT2D eigenvalue weighted by molar-refractivity contribution is -0.301. The minimum atomic E-state index is -1.70. The van der Waals surface area contributed by atoms with Gasteiger partial charge in [0.1, 0.15) is 18.5 Å². The Kier molecular flexibility index (Phi) is 3.70. The van der Waals surface area contributed by atoms with Gasteiger partial charge in [0.15, 0.2) is 5.79 Å². The molecule has 0 amide bonds. The van der Waals surface area contributed by atoms with Crippen molar-refractivity contribution in [1.82, 2.24) is 0 Å². The average Bonchev–Trinajstić information content (AvgIpc) is 3.46. The largest absolute Gasteiger partial charge is 0.472 e. The lowest BCUT2D eigenvalue weighted by Crippen LogP contribution is -2.74. The van der Waals surface area contributed by atoms with Gasteiger partial charge in [0.05, 0.1) is 42.3 Å². The van der Waals surface area contributed by atoms with Crippen molar-refractivity contribution in [3.63, 3.8) is 0 Å². The molecule has 0 unspecified atom stereocenters. The SMILES string of the molecule is CC1(C)C(=O)[C@H]2C[C@]34O[C@@]2(O)[C@@]2(COC(=O)C[C@H]12)[C@@H]3CC[C@]1(C)[C@@H](c2ccoc2)OC(=O)C[C@@H]14. The highest BCUT2D eigenvalue weighted by Crippen LogP contribution is 2.80. The van der Waals surface area contributed by atoms with E-state index in [1.165, 1.54) is 0 Å². The maximum absolute atomic E-state index is 13.8. The summed E-state index contributed by atoms with van der Waals surface area (Å²) < 4.78 is 23.6. The second kappa shape index (κ2) is 5.95. The van der Waals surface area contributed by atoms with Gasteiger partial charge in [-0.3, -0.25) is 14.4 Å². The van der Waals surface area contributed by atoms with E-state index in [-0.39, 0.29) is 54.9 Å². The van der Waals surface area contributed by atoms with Gasteiger partial charge in [-0.05, 0) is 31.2 Å². The smallest absolute Gasteiger partial charge is 0.306 e. The highest BCUT2D eigenvalue weighted by molar-refractivity contribution is 5.91. The minimum Gasteiger partial charge on any atom is -0.472 e. The van der Waals surface area contributed by atoms with Gasteiger partial charge in [-0.15, -0.1) is 0 Å². The molecule has 2 aliphatic carbocycles. The Morgan fingerprint density at radius 2 is 1.79 bits per heavy atom. The summed E-state index contributed by atoms with van der Waals surface area (Å²) in [5, 5.41) is 12.2. The second-order valence-electron chi connectivity index (χ2n) is 12.3. The zero-order valence-electron chi connectivity index (χ0n) is 19.7. The molecule has 7 rings (SSSR count). The van der Waals surface area contributed by atoms with E-state index in [9.17, 15) is 19.5 Å². The quantitative estimate of drug-likeness (QED) is 0.624. The summed E-state index contributed by atoms with van der Waals surface area (Å²) in [6.45, 7) is 5.98. The summed E-state index contributed by atoms with van der Waals surface area (Å²) in [7, 11) is 0. The summed E-state index contributed by atoms with van der Waals surface area (Å²) in [5.74, 6) is -3.87. The Balaban J connectivity index is 1.41. The third-order valence-corrected chi connectivity index (χ3v) is 10.9. The van der Waals surface area contributed by atoms with Crippen molar-refractivity contribution < 1.29 is 38.1 Å². The van der Waals surface area contributed by atoms with Crippen molar-refractivity contribution in [1.29, 1.82) is 0 Å². The Labute approximate surface area is 197 Å². The van der Waals surface area contributed by atoms with Crippen molar-refractivity contribution in [2.24, 2.45) is 39.9 Å². The highest BCUT2D eigenvalue weighted by atomic mass is 16.7. The maximum Gasteiger partial charge on any atom is 0.306 e. The molecule has 2 bridgehead atoms. The number of hydrogen-bond donors (Lipinski definition) is 1. The van der Waals surface area contributed by atoms with E-state index in [2.05, 4.69) is 6.92 Å². The first kappa shape index (κ1) is 21.1. The van der Waals surface area contributed by atoms with Gasteiger partial charge in [-0.25, -0.2) is 0 Å². The van der Waals surface area contributed by atoms with Gasteiger partial charge in [0, 0.05) is 28.2 Å². The predicted octanol–water partition coefficient (Wildman–Crippen LogP) is 2.94. The third-order valence-electron chi connectivity index (χ3n) is 10.9. The predicted molar refractivity (Wildman–Crippen MR) is 114 cm³/mol. The van der Waals surface area contributed by atoms with Crippen LogP contribution in [0.15, 0.2) is 23.0 Å². The fraction of sp³-hybridized carbons (Fsp3) is 0.731. The molecule has 0 radical (unpaired) electrons. The van der Waals surface area contributed by atoms with Crippen molar-refractivity contribution >= 4 is 17.7 Å². The second-order valence-corrected chi connectivity index (χ2v) is 12.3. The van der Waals surface area contributed by atoms with Gasteiger partial charge in [0.2, 0.25) is 0 Å². The number of rotatable bonds is 1. The lowest BCUT2D eigenvalue weighted by Gasteiger charge is -2.66.